The van der Waals surface area contributed by atoms with Gasteiger partial charge in [0.05, 0.1) is 5.37 Å². The van der Waals surface area contributed by atoms with Gasteiger partial charge in [0.15, 0.2) is 0 Å². The third-order valence-corrected chi connectivity index (χ3v) is 1.85. The summed E-state index contributed by atoms with van der Waals surface area (Å²) in [7, 11) is 0. The van der Waals surface area contributed by atoms with E-state index >= 15 is 0 Å². The van der Waals surface area contributed by atoms with Crippen LogP contribution in [-0.2, 0) is 10.8 Å². The molecule has 0 aliphatic carbocycles. The summed E-state index contributed by atoms with van der Waals surface area (Å²) < 4.78 is 10.0. The van der Waals surface area contributed by atoms with Gasteiger partial charge < -0.3 is 19.4 Å². The van der Waals surface area contributed by atoms with E-state index in [1.54, 1.807) is 13.0 Å². The van der Waals surface area contributed by atoms with Crippen LogP contribution in [0.4, 0.5) is 0 Å². The van der Waals surface area contributed by atoms with E-state index in [4.69, 9.17) is 19.4 Å². The topological polar surface area (TPSA) is 85.7 Å². The fraction of sp³-hybridized carbons (Fsp3) is 0.375. The maximum Gasteiger partial charge on any atom is 0.371 e. The first-order chi connectivity index (χ1) is 6.59. The molecule has 78 valence electrons. The van der Waals surface area contributed by atoms with Crippen molar-refractivity contribution < 1.29 is 18.5 Å². The van der Waals surface area contributed by atoms with Gasteiger partial charge in [-0.25, -0.2) is 4.79 Å². The van der Waals surface area contributed by atoms with Gasteiger partial charge in [0, 0.05) is 12.0 Å². The van der Waals surface area contributed by atoms with E-state index in [1.165, 1.54) is 6.07 Å². The molecule has 1 aromatic rings. The first-order valence-corrected chi connectivity index (χ1v) is 4.76. The van der Waals surface area contributed by atoms with E-state index in [2.05, 4.69) is 0 Å². The summed E-state index contributed by atoms with van der Waals surface area (Å²) >= 11 is 1.11. The smallest absolute Gasteiger partial charge is 0.371 e. The van der Waals surface area contributed by atoms with Gasteiger partial charge in [-0.15, -0.1) is 0 Å². The zero-order chi connectivity index (χ0) is 10.6. The molecule has 1 rings (SSSR count). The molecule has 5 nitrogen and oxygen atoms in total. The number of hydrogen-bond acceptors (Lipinski definition) is 5. The maximum atomic E-state index is 10.4. The number of furan rings is 1. The molecule has 0 aliphatic rings. The molecule has 0 saturated carbocycles. The Morgan fingerprint density at radius 1 is 1.79 bits per heavy atom. The fourth-order valence-corrected chi connectivity index (χ4v) is 1.17. The second-order valence-electron chi connectivity index (χ2n) is 2.63. The number of carboxylic acid groups (broad SMARTS) is 1. The molecule has 3 N–H and O–H groups in total. The molecule has 0 amide bonds. The number of hydrogen-bond donors (Lipinski definition) is 2. The molecule has 0 radical (unpaired) electrons. The summed E-state index contributed by atoms with van der Waals surface area (Å²) in [5, 5.41) is 8.43. The molecule has 1 heterocycles. The SMILES string of the molecule is CC(N)SOCc1ccc(C(=O)O)o1. The van der Waals surface area contributed by atoms with Crippen LogP contribution in [0.2, 0.25) is 0 Å². The molecule has 0 aromatic carbocycles. The Bertz CT molecular complexity index is 310. The average molecular weight is 217 g/mol. The van der Waals surface area contributed by atoms with Crippen LogP contribution in [0.25, 0.3) is 0 Å². The van der Waals surface area contributed by atoms with E-state index in [0.717, 1.165) is 12.0 Å². The third kappa shape index (κ3) is 3.41. The Kier molecular flexibility index (Phi) is 3.99. The highest BCUT2D eigenvalue weighted by Crippen LogP contribution is 2.14. The fourth-order valence-electron chi connectivity index (χ4n) is 0.770. The lowest BCUT2D eigenvalue weighted by Gasteiger charge is -2.02. The Balaban J connectivity index is 2.40. The van der Waals surface area contributed by atoms with Gasteiger partial charge in [0.25, 0.3) is 0 Å². The molecule has 1 aromatic heterocycles. The molecule has 0 spiro atoms. The normalized spacial score (nSPS) is 12.7. The Morgan fingerprint density at radius 2 is 2.50 bits per heavy atom. The average Bonchev–Trinajstić information content (AvgIpc) is 2.52. The van der Waals surface area contributed by atoms with Crippen molar-refractivity contribution >= 4 is 18.0 Å². The van der Waals surface area contributed by atoms with E-state index in [9.17, 15) is 4.79 Å². The Morgan fingerprint density at radius 3 is 3.00 bits per heavy atom. The van der Waals surface area contributed by atoms with Crippen molar-refractivity contribution in [1.82, 2.24) is 0 Å². The minimum absolute atomic E-state index is 0.0885. The quantitative estimate of drug-likeness (QED) is 0.573. The van der Waals surface area contributed by atoms with Crippen molar-refractivity contribution in [3.05, 3.63) is 23.7 Å². The number of carboxylic acids is 1. The molecular formula is C8H11NO4S. The summed E-state index contributed by atoms with van der Waals surface area (Å²) in [5.41, 5.74) is 5.42. The first kappa shape index (κ1) is 11.1. The van der Waals surface area contributed by atoms with Crippen molar-refractivity contribution in [3.63, 3.8) is 0 Å². The van der Waals surface area contributed by atoms with Crippen LogP contribution in [0.5, 0.6) is 0 Å². The van der Waals surface area contributed by atoms with Gasteiger partial charge in [0.2, 0.25) is 5.76 Å². The number of nitrogens with two attached hydrogens (primary N) is 1. The highest BCUT2D eigenvalue weighted by atomic mass is 32.2. The molecule has 1 atom stereocenters. The van der Waals surface area contributed by atoms with Crippen LogP contribution in [0.1, 0.15) is 23.2 Å². The number of aromatic carboxylic acids is 1. The first-order valence-electron chi connectivity index (χ1n) is 3.95. The zero-order valence-electron chi connectivity index (χ0n) is 7.60. The molecule has 0 bridgehead atoms. The van der Waals surface area contributed by atoms with E-state index < -0.39 is 5.97 Å². The minimum atomic E-state index is -1.09. The van der Waals surface area contributed by atoms with Crippen LogP contribution in [0, 0.1) is 0 Å². The van der Waals surface area contributed by atoms with Crippen molar-refractivity contribution in [1.29, 1.82) is 0 Å². The van der Waals surface area contributed by atoms with Crippen LogP contribution in [0.3, 0.4) is 0 Å². The van der Waals surface area contributed by atoms with Crippen LogP contribution in [0.15, 0.2) is 16.5 Å². The van der Waals surface area contributed by atoms with Crippen LogP contribution in [-0.4, -0.2) is 16.4 Å². The molecule has 6 heteroatoms. The summed E-state index contributed by atoms with van der Waals surface area (Å²) in [6.45, 7) is 2.00. The zero-order valence-corrected chi connectivity index (χ0v) is 8.41. The van der Waals surface area contributed by atoms with Crippen LogP contribution >= 0.6 is 12.0 Å². The van der Waals surface area contributed by atoms with Gasteiger partial charge >= 0.3 is 5.97 Å². The molecule has 0 aliphatic heterocycles. The highest BCUT2D eigenvalue weighted by Gasteiger charge is 2.08. The predicted octanol–water partition coefficient (Wildman–Crippen LogP) is 1.45. The van der Waals surface area contributed by atoms with Crippen molar-refractivity contribution in [3.8, 4) is 0 Å². The lowest BCUT2D eigenvalue weighted by atomic mass is 10.4. The van der Waals surface area contributed by atoms with Gasteiger partial charge in [-0.1, -0.05) is 0 Å². The van der Waals surface area contributed by atoms with Gasteiger partial charge in [-0.3, -0.25) is 0 Å². The molecule has 0 saturated heterocycles. The second kappa shape index (κ2) is 5.04. The number of carbonyl (C=O) groups is 1. The van der Waals surface area contributed by atoms with E-state index in [-0.39, 0.29) is 17.7 Å². The molecule has 14 heavy (non-hydrogen) atoms. The lowest BCUT2D eigenvalue weighted by Crippen LogP contribution is -2.09. The van der Waals surface area contributed by atoms with Crippen molar-refractivity contribution in [2.24, 2.45) is 5.73 Å². The lowest BCUT2D eigenvalue weighted by molar-refractivity contribution is 0.0658. The largest absolute Gasteiger partial charge is 0.475 e. The van der Waals surface area contributed by atoms with E-state index in [0.29, 0.717) is 5.76 Å². The van der Waals surface area contributed by atoms with Gasteiger partial charge in [-0.05, 0) is 19.1 Å². The minimum Gasteiger partial charge on any atom is -0.475 e. The summed E-state index contributed by atoms with van der Waals surface area (Å²) in [6, 6.07) is 2.95. The van der Waals surface area contributed by atoms with Gasteiger partial charge in [0.1, 0.15) is 12.4 Å². The summed E-state index contributed by atoms with van der Waals surface area (Å²) in [4.78, 5) is 10.4. The van der Waals surface area contributed by atoms with Crippen molar-refractivity contribution in [2.75, 3.05) is 0 Å². The van der Waals surface area contributed by atoms with Gasteiger partial charge in [-0.2, -0.15) is 0 Å². The van der Waals surface area contributed by atoms with E-state index in [1.807, 2.05) is 0 Å². The Labute approximate surface area is 85.4 Å². The molecule has 0 fully saturated rings. The predicted molar refractivity (Wildman–Crippen MR) is 51.7 cm³/mol. The third-order valence-electron chi connectivity index (χ3n) is 1.29. The molecular weight excluding hydrogens is 206 g/mol. The highest BCUT2D eigenvalue weighted by molar-refractivity contribution is 7.95. The van der Waals surface area contributed by atoms with Crippen LogP contribution < -0.4 is 5.73 Å². The maximum absolute atomic E-state index is 10.4. The Hall–Kier alpha value is -0.980. The number of rotatable bonds is 5. The standard InChI is InChI=1S/C8H11NO4S/c1-5(9)14-12-4-6-2-3-7(13-6)8(10)11/h2-3,5H,4,9H2,1H3,(H,10,11). The molecule has 1 unspecified atom stereocenters. The second-order valence-corrected chi connectivity index (χ2v) is 3.81. The monoisotopic (exact) mass is 217 g/mol. The summed E-state index contributed by atoms with van der Waals surface area (Å²) in [5.74, 6) is -0.707. The summed E-state index contributed by atoms with van der Waals surface area (Å²) in [6.07, 6.45) is 0. The van der Waals surface area contributed by atoms with Crippen molar-refractivity contribution in [2.45, 2.75) is 18.9 Å².